The molecule has 0 amide bonds. The highest BCUT2D eigenvalue weighted by atomic mass is 32.2. The van der Waals surface area contributed by atoms with Crippen molar-refractivity contribution in [3.8, 4) is 0 Å². The summed E-state index contributed by atoms with van der Waals surface area (Å²) in [4.78, 5) is 12.2. The van der Waals surface area contributed by atoms with Crippen LogP contribution in [0.3, 0.4) is 0 Å². The zero-order valence-corrected chi connectivity index (χ0v) is 17.3. The van der Waals surface area contributed by atoms with Gasteiger partial charge in [-0.3, -0.25) is 4.79 Å². The Kier molecular flexibility index (Phi) is 5.11. The highest BCUT2D eigenvalue weighted by molar-refractivity contribution is 7.89. The van der Waals surface area contributed by atoms with Crippen LogP contribution in [0.25, 0.3) is 10.8 Å². The molecule has 3 aromatic carbocycles. The number of sulfonamides is 1. The zero-order chi connectivity index (χ0) is 20.6. The minimum atomic E-state index is -3.76. The van der Waals surface area contributed by atoms with Gasteiger partial charge < -0.3 is 0 Å². The average Bonchev–Trinajstić information content (AvgIpc) is 2.73. The molecule has 3 aromatic rings. The van der Waals surface area contributed by atoms with Crippen LogP contribution >= 0.6 is 0 Å². The van der Waals surface area contributed by atoms with Gasteiger partial charge in [0, 0.05) is 12.1 Å². The van der Waals surface area contributed by atoms with Crippen LogP contribution in [0.15, 0.2) is 83.3 Å². The predicted octanol–water partition coefficient (Wildman–Crippen LogP) is 4.80. The number of fused-ring (bicyclic) bond motifs is 1. The van der Waals surface area contributed by atoms with Gasteiger partial charge in [0.25, 0.3) is 0 Å². The first-order chi connectivity index (χ1) is 13.9. The van der Waals surface area contributed by atoms with Crippen LogP contribution in [0.4, 0.5) is 0 Å². The number of carbonyl (C=O) groups is 1. The van der Waals surface area contributed by atoms with Gasteiger partial charge in [0.15, 0.2) is 5.78 Å². The van der Waals surface area contributed by atoms with Gasteiger partial charge in [-0.1, -0.05) is 60.2 Å². The van der Waals surface area contributed by atoms with Gasteiger partial charge in [-0.15, -0.1) is 0 Å². The first-order valence-electron chi connectivity index (χ1n) is 9.63. The Balaban J connectivity index is 1.81. The zero-order valence-electron chi connectivity index (χ0n) is 16.5. The molecule has 0 radical (unpaired) electrons. The number of nitrogens with zero attached hydrogens (tertiary/aromatic N) is 1. The molecule has 0 spiro atoms. The Hall–Kier alpha value is -2.76. The number of Topliss-reactive ketones (excluding diaryl/α,β-unsaturated/α-hetero) is 1. The number of ketones is 1. The molecule has 4 nitrogen and oxygen atoms in total. The lowest BCUT2D eigenvalue weighted by molar-refractivity contribution is -0.113. The molecule has 1 aliphatic heterocycles. The van der Waals surface area contributed by atoms with Crippen molar-refractivity contribution in [1.29, 1.82) is 0 Å². The van der Waals surface area contributed by atoms with Crippen molar-refractivity contribution >= 4 is 26.6 Å². The van der Waals surface area contributed by atoms with Gasteiger partial charge in [0.05, 0.1) is 10.9 Å². The van der Waals surface area contributed by atoms with Gasteiger partial charge in [0.1, 0.15) is 0 Å². The largest absolute Gasteiger partial charge is 0.295 e. The van der Waals surface area contributed by atoms with Crippen LogP contribution < -0.4 is 0 Å². The second-order valence-electron chi connectivity index (χ2n) is 7.51. The summed E-state index contributed by atoms with van der Waals surface area (Å²) in [5, 5.41) is 2.18. The Labute approximate surface area is 171 Å². The molecule has 0 aromatic heterocycles. The highest BCUT2D eigenvalue weighted by Gasteiger charge is 2.35. The van der Waals surface area contributed by atoms with E-state index < -0.39 is 10.0 Å². The molecule has 4 rings (SSSR count). The second kappa shape index (κ2) is 7.58. The molecule has 29 heavy (non-hydrogen) atoms. The molecule has 1 atom stereocenters. The number of rotatable bonds is 4. The fourth-order valence-electron chi connectivity index (χ4n) is 3.78. The van der Waals surface area contributed by atoms with Crippen LogP contribution in [0.5, 0.6) is 0 Å². The number of hydrogen-bond acceptors (Lipinski definition) is 3. The SMILES string of the molecule is CC(=O)C1=CCC(c2ccc3ccccc3c2)N(S(=O)(=O)c2ccc(C)cc2)C1. The maximum Gasteiger partial charge on any atom is 0.243 e. The maximum absolute atomic E-state index is 13.5. The van der Waals surface area contributed by atoms with Gasteiger partial charge >= 0.3 is 0 Å². The van der Waals surface area contributed by atoms with Crippen molar-refractivity contribution < 1.29 is 13.2 Å². The predicted molar refractivity (Wildman–Crippen MR) is 115 cm³/mol. The molecule has 1 aliphatic rings. The molecule has 0 bridgehead atoms. The fourth-order valence-corrected chi connectivity index (χ4v) is 5.39. The van der Waals surface area contributed by atoms with E-state index >= 15 is 0 Å². The van der Waals surface area contributed by atoms with Crippen molar-refractivity contribution in [3.63, 3.8) is 0 Å². The van der Waals surface area contributed by atoms with Crippen molar-refractivity contribution in [1.82, 2.24) is 4.31 Å². The summed E-state index contributed by atoms with van der Waals surface area (Å²) in [6.07, 6.45) is 2.35. The normalized spacial score (nSPS) is 17.9. The van der Waals surface area contributed by atoms with E-state index in [1.165, 1.54) is 11.2 Å². The van der Waals surface area contributed by atoms with E-state index in [9.17, 15) is 13.2 Å². The monoisotopic (exact) mass is 405 g/mol. The van der Waals surface area contributed by atoms with Gasteiger partial charge in [0.2, 0.25) is 10.0 Å². The van der Waals surface area contributed by atoms with Gasteiger partial charge in [-0.25, -0.2) is 8.42 Å². The minimum absolute atomic E-state index is 0.0863. The van der Waals surface area contributed by atoms with Crippen LogP contribution in [-0.4, -0.2) is 25.1 Å². The van der Waals surface area contributed by atoms with Crippen molar-refractivity contribution in [3.05, 3.63) is 89.5 Å². The summed E-state index contributed by atoms with van der Waals surface area (Å²) >= 11 is 0. The average molecular weight is 406 g/mol. The summed E-state index contributed by atoms with van der Waals surface area (Å²) in [5.74, 6) is -0.0916. The van der Waals surface area contributed by atoms with Gasteiger partial charge in [-0.05, 0) is 54.8 Å². The molecule has 0 N–H and O–H groups in total. The molecule has 5 heteroatoms. The Morgan fingerprint density at radius 2 is 1.66 bits per heavy atom. The number of aryl methyl sites for hydroxylation is 1. The van der Waals surface area contributed by atoms with E-state index in [2.05, 4.69) is 0 Å². The standard InChI is InChI=1S/C24H23NO3S/c1-17-7-12-23(13-8-17)29(27,28)25-16-22(18(2)26)11-14-24(25)21-10-9-19-5-3-4-6-20(19)15-21/h3-13,15,24H,14,16H2,1-2H3. The van der Waals surface area contributed by atoms with Crippen LogP contribution in [0, 0.1) is 6.92 Å². The maximum atomic E-state index is 13.5. The summed E-state index contributed by atoms with van der Waals surface area (Å²) in [5.41, 5.74) is 2.47. The second-order valence-corrected chi connectivity index (χ2v) is 9.40. The van der Waals surface area contributed by atoms with E-state index in [0.29, 0.717) is 12.0 Å². The third kappa shape index (κ3) is 3.76. The van der Waals surface area contributed by atoms with Crippen LogP contribution in [0.1, 0.15) is 30.5 Å². The quantitative estimate of drug-likeness (QED) is 0.627. The molecule has 1 heterocycles. The van der Waals surface area contributed by atoms with Gasteiger partial charge in [-0.2, -0.15) is 4.31 Å². The molecule has 0 saturated heterocycles. The van der Waals surface area contributed by atoms with Crippen LogP contribution in [-0.2, 0) is 14.8 Å². The number of carbonyl (C=O) groups excluding carboxylic acids is 1. The fraction of sp³-hybridized carbons (Fsp3) is 0.208. The lowest BCUT2D eigenvalue weighted by atomic mass is 9.95. The third-order valence-electron chi connectivity index (χ3n) is 5.50. The van der Waals surface area contributed by atoms with E-state index in [1.54, 1.807) is 24.3 Å². The molecule has 0 aliphatic carbocycles. The molecule has 1 unspecified atom stereocenters. The Morgan fingerprint density at radius 1 is 0.966 bits per heavy atom. The molecule has 148 valence electrons. The molecular weight excluding hydrogens is 382 g/mol. The smallest absolute Gasteiger partial charge is 0.243 e. The van der Waals surface area contributed by atoms with E-state index in [4.69, 9.17) is 0 Å². The van der Waals surface area contributed by atoms with Crippen molar-refractivity contribution in [2.45, 2.75) is 31.2 Å². The molecule has 0 saturated carbocycles. The van der Waals surface area contributed by atoms with Crippen LogP contribution in [0.2, 0.25) is 0 Å². The molecular formula is C24H23NO3S. The Bertz CT molecular complexity index is 1210. The Morgan fingerprint density at radius 3 is 2.34 bits per heavy atom. The number of hydrogen-bond donors (Lipinski definition) is 0. The number of benzene rings is 3. The topological polar surface area (TPSA) is 54.5 Å². The van der Waals surface area contributed by atoms with E-state index in [1.807, 2.05) is 55.5 Å². The first kappa shape index (κ1) is 19.6. The summed E-state index contributed by atoms with van der Waals surface area (Å²) in [7, 11) is -3.76. The molecule has 0 fully saturated rings. The van der Waals surface area contributed by atoms with Crippen molar-refractivity contribution in [2.75, 3.05) is 6.54 Å². The first-order valence-corrected chi connectivity index (χ1v) is 11.1. The lowest BCUT2D eigenvalue weighted by Gasteiger charge is -2.34. The summed E-state index contributed by atoms with van der Waals surface area (Å²) in [6.45, 7) is 3.49. The highest BCUT2D eigenvalue weighted by Crippen LogP contribution is 2.36. The lowest BCUT2D eigenvalue weighted by Crippen LogP contribution is -2.39. The third-order valence-corrected chi connectivity index (χ3v) is 7.37. The minimum Gasteiger partial charge on any atom is -0.295 e. The van der Waals surface area contributed by atoms with E-state index in [-0.39, 0.29) is 23.3 Å². The summed E-state index contributed by atoms with van der Waals surface area (Å²) in [6, 6.07) is 20.6. The van der Waals surface area contributed by atoms with Crippen molar-refractivity contribution in [2.24, 2.45) is 0 Å². The summed E-state index contributed by atoms with van der Waals surface area (Å²) < 4.78 is 28.5. The van der Waals surface area contributed by atoms with E-state index in [0.717, 1.165) is 21.9 Å².